The number of carbonyl (C=O) groups is 1. The molecule has 124 valence electrons. The van der Waals surface area contributed by atoms with Gasteiger partial charge in [-0.25, -0.2) is 0 Å². The molecule has 0 aliphatic heterocycles. The molecular weight excluding hydrogens is 314 g/mol. The molecule has 22 heavy (non-hydrogen) atoms. The van der Waals surface area contributed by atoms with Gasteiger partial charge in [0.25, 0.3) is 0 Å². The van der Waals surface area contributed by atoms with Crippen molar-refractivity contribution in [2.75, 3.05) is 6.54 Å². The number of carbonyl (C=O) groups excluding carboxylic acids is 1. The highest BCUT2D eigenvalue weighted by Gasteiger charge is 2.37. The summed E-state index contributed by atoms with van der Waals surface area (Å²) < 4.78 is 6.24. The molecule has 3 nitrogen and oxygen atoms in total. The van der Waals surface area contributed by atoms with Crippen molar-refractivity contribution >= 4 is 25.8 Å². The Bertz CT molecular complexity index is 524. The van der Waals surface area contributed by atoms with Crippen molar-refractivity contribution in [1.29, 1.82) is 0 Å². The molecule has 1 rings (SSSR count). The van der Waals surface area contributed by atoms with Crippen LogP contribution < -0.4 is 5.32 Å². The Morgan fingerprint density at radius 2 is 1.95 bits per heavy atom. The van der Waals surface area contributed by atoms with Crippen LogP contribution in [-0.2, 0) is 22.2 Å². The molecule has 0 aliphatic rings. The van der Waals surface area contributed by atoms with Gasteiger partial charge in [0.2, 0.25) is 5.91 Å². The van der Waals surface area contributed by atoms with Gasteiger partial charge in [0.05, 0.1) is 6.61 Å². The number of amides is 1. The lowest BCUT2D eigenvalue weighted by atomic mass is 10.1. The maximum absolute atomic E-state index is 10.9. The molecule has 0 heterocycles. The summed E-state index contributed by atoms with van der Waals surface area (Å²) in [6, 6.07) is 5.99. The zero-order valence-corrected chi connectivity index (χ0v) is 16.3. The van der Waals surface area contributed by atoms with E-state index in [4.69, 9.17) is 16.0 Å². The summed E-state index contributed by atoms with van der Waals surface area (Å²) in [5, 5.41) is 3.73. The third-order valence-electron chi connectivity index (χ3n) is 4.29. The first kappa shape index (κ1) is 19.2. The van der Waals surface area contributed by atoms with Gasteiger partial charge in [0, 0.05) is 18.5 Å². The van der Waals surface area contributed by atoms with Gasteiger partial charge >= 0.3 is 0 Å². The molecule has 1 aromatic carbocycles. The highest BCUT2D eigenvalue weighted by Crippen LogP contribution is 2.37. The van der Waals surface area contributed by atoms with E-state index >= 15 is 0 Å². The monoisotopic (exact) mass is 341 g/mol. The van der Waals surface area contributed by atoms with E-state index in [0.29, 0.717) is 13.2 Å². The summed E-state index contributed by atoms with van der Waals surface area (Å²) >= 11 is 6.29. The Morgan fingerprint density at radius 3 is 2.50 bits per heavy atom. The second-order valence-electron chi connectivity index (χ2n) is 7.21. The molecule has 0 aliphatic carbocycles. The highest BCUT2D eigenvalue weighted by molar-refractivity contribution is 6.74. The van der Waals surface area contributed by atoms with Crippen LogP contribution in [-0.4, -0.2) is 20.8 Å². The number of halogens is 1. The van der Waals surface area contributed by atoms with Gasteiger partial charge < -0.3 is 9.74 Å². The summed E-state index contributed by atoms with van der Waals surface area (Å²) in [6.45, 7) is 13.9. The zero-order valence-electron chi connectivity index (χ0n) is 14.5. The second-order valence-corrected chi connectivity index (χ2v) is 12.4. The van der Waals surface area contributed by atoms with E-state index in [0.717, 1.165) is 22.6 Å². The van der Waals surface area contributed by atoms with Crippen molar-refractivity contribution in [1.82, 2.24) is 5.32 Å². The van der Waals surface area contributed by atoms with Gasteiger partial charge in [-0.1, -0.05) is 44.5 Å². The third-order valence-corrected chi connectivity index (χ3v) is 9.14. The van der Waals surface area contributed by atoms with Crippen molar-refractivity contribution in [2.45, 2.75) is 58.9 Å². The molecular formula is C17H28ClNO2Si. The standard InChI is InChI=1S/C17H28ClNO2Si/c1-13(20)19-10-9-14-7-8-16(18)15(11-14)12-21-22(5,6)17(2,3)4/h7-8,11H,9-10,12H2,1-6H3,(H,19,20). The van der Waals surface area contributed by atoms with Gasteiger partial charge in [-0.2, -0.15) is 0 Å². The zero-order chi connectivity index (χ0) is 17.0. The van der Waals surface area contributed by atoms with Crippen molar-refractivity contribution in [2.24, 2.45) is 0 Å². The number of rotatable bonds is 6. The smallest absolute Gasteiger partial charge is 0.216 e. The molecule has 0 saturated carbocycles. The van der Waals surface area contributed by atoms with Crippen LogP contribution in [0, 0.1) is 0 Å². The van der Waals surface area contributed by atoms with Crippen molar-refractivity contribution < 1.29 is 9.22 Å². The fourth-order valence-corrected chi connectivity index (χ4v) is 2.87. The lowest BCUT2D eigenvalue weighted by Gasteiger charge is -2.36. The summed E-state index contributed by atoms with van der Waals surface area (Å²) in [5.74, 6) is -0.00422. The maximum atomic E-state index is 10.9. The molecule has 0 fully saturated rings. The molecule has 0 saturated heterocycles. The minimum atomic E-state index is -1.78. The first-order chi connectivity index (χ1) is 10.0. The van der Waals surface area contributed by atoms with Gasteiger partial charge in [-0.3, -0.25) is 4.79 Å². The van der Waals surface area contributed by atoms with Gasteiger partial charge in [0.1, 0.15) is 0 Å². The summed E-state index contributed by atoms with van der Waals surface area (Å²) in [4.78, 5) is 10.9. The number of hydrogen-bond acceptors (Lipinski definition) is 2. The van der Waals surface area contributed by atoms with Crippen molar-refractivity contribution in [3.63, 3.8) is 0 Å². The van der Waals surface area contributed by atoms with E-state index in [1.807, 2.05) is 12.1 Å². The Kier molecular flexibility index (Phi) is 6.65. The average molecular weight is 342 g/mol. The van der Waals surface area contributed by atoms with Gasteiger partial charge in [-0.05, 0) is 41.7 Å². The van der Waals surface area contributed by atoms with E-state index in [-0.39, 0.29) is 10.9 Å². The normalized spacial score (nSPS) is 12.3. The Balaban J connectivity index is 2.72. The average Bonchev–Trinajstić information content (AvgIpc) is 2.37. The first-order valence-electron chi connectivity index (χ1n) is 7.68. The molecule has 1 amide bonds. The van der Waals surface area contributed by atoms with Crippen molar-refractivity contribution in [3.05, 3.63) is 34.3 Å². The molecule has 0 aromatic heterocycles. The summed E-state index contributed by atoms with van der Waals surface area (Å²) in [6.07, 6.45) is 0.795. The predicted molar refractivity (Wildman–Crippen MR) is 95.8 cm³/mol. The molecule has 0 unspecified atom stereocenters. The number of hydrogen-bond donors (Lipinski definition) is 1. The number of nitrogens with one attached hydrogen (secondary N) is 1. The van der Waals surface area contributed by atoms with Crippen molar-refractivity contribution in [3.8, 4) is 0 Å². The van der Waals surface area contributed by atoms with E-state index in [1.165, 1.54) is 6.92 Å². The summed E-state index contributed by atoms with van der Waals surface area (Å²) in [7, 11) is -1.78. The fourth-order valence-electron chi connectivity index (χ4n) is 1.75. The molecule has 1 aromatic rings. The SMILES string of the molecule is CC(=O)NCCc1ccc(Cl)c(CO[Si](C)(C)C(C)(C)C)c1. The van der Waals surface area contributed by atoms with Crippen LogP contribution in [0.15, 0.2) is 18.2 Å². The Morgan fingerprint density at radius 1 is 1.32 bits per heavy atom. The lowest BCUT2D eigenvalue weighted by Crippen LogP contribution is -2.40. The van der Waals surface area contributed by atoms with Gasteiger partial charge in [-0.15, -0.1) is 0 Å². The second kappa shape index (κ2) is 7.62. The van der Waals surface area contributed by atoms with Crippen LogP contribution in [0.4, 0.5) is 0 Å². The molecule has 0 atom stereocenters. The molecule has 1 N–H and O–H groups in total. The van der Waals surface area contributed by atoms with E-state index in [1.54, 1.807) is 0 Å². The predicted octanol–water partition coefficient (Wildman–Crippen LogP) is 4.54. The van der Waals surface area contributed by atoms with Gasteiger partial charge in [0.15, 0.2) is 8.32 Å². The van der Waals surface area contributed by atoms with Crippen LogP contribution in [0.5, 0.6) is 0 Å². The Labute approximate surface area is 140 Å². The van der Waals surface area contributed by atoms with Crippen LogP contribution in [0.25, 0.3) is 0 Å². The van der Waals surface area contributed by atoms with Crippen LogP contribution >= 0.6 is 11.6 Å². The topological polar surface area (TPSA) is 38.3 Å². The number of benzene rings is 1. The van der Waals surface area contributed by atoms with E-state index in [2.05, 4.69) is 45.2 Å². The fraction of sp³-hybridized carbons (Fsp3) is 0.588. The molecule has 0 spiro atoms. The molecule has 0 bridgehead atoms. The van der Waals surface area contributed by atoms with Crippen LogP contribution in [0.2, 0.25) is 23.2 Å². The van der Waals surface area contributed by atoms with E-state index < -0.39 is 8.32 Å². The summed E-state index contributed by atoms with van der Waals surface area (Å²) in [5.41, 5.74) is 2.18. The van der Waals surface area contributed by atoms with Crippen LogP contribution in [0.1, 0.15) is 38.8 Å². The minimum absolute atomic E-state index is 0.00422. The molecule has 0 radical (unpaired) electrons. The third kappa shape index (κ3) is 5.74. The quantitative estimate of drug-likeness (QED) is 0.771. The van der Waals surface area contributed by atoms with E-state index in [9.17, 15) is 4.79 Å². The highest BCUT2D eigenvalue weighted by atomic mass is 35.5. The first-order valence-corrected chi connectivity index (χ1v) is 11.0. The molecule has 5 heteroatoms. The largest absolute Gasteiger partial charge is 0.413 e. The minimum Gasteiger partial charge on any atom is -0.413 e. The Hall–Kier alpha value is -0.843. The lowest BCUT2D eigenvalue weighted by molar-refractivity contribution is -0.118. The van der Waals surface area contributed by atoms with Crippen LogP contribution in [0.3, 0.4) is 0 Å². The maximum Gasteiger partial charge on any atom is 0.216 e.